The molecule has 1 aromatic carbocycles. The van der Waals surface area contributed by atoms with Crippen LogP contribution in [0.5, 0.6) is 0 Å². The fraction of sp³-hybridized carbons (Fsp3) is 0.400. The molecule has 3 heterocycles. The van der Waals surface area contributed by atoms with Crippen molar-refractivity contribution in [2.75, 3.05) is 19.6 Å². The summed E-state index contributed by atoms with van der Waals surface area (Å²) in [5.41, 5.74) is 4.79. The van der Waals surface area contributed by atoms with Gasteiger partial charge in [-0.15, -0.1) is 0 Å². The molecule has 31 heavy (non-hydrogen) atoms. The Morgan fingerprint density at radius 1 is 1.06 bits per heavy atom. The van der Waals surface area contributed by atoms with Gasteiger partial charge in [0.05, 0.1) is 12.2 Å². The van der Waals surface area contributed by atoms with Gasteiger partial charge in [-0.2, -0.15) is 0 Å². The number of imidazole rings is 1. The lowest BCUT2D eigenvalue weighted by Gasteiger charge is -2.23. The molecule has 1 aliphatic heterocycles. The van der Waals surface area contributed by atoms with E-state index >= 15 is 0 Å². The highest BCUT2D eigenvalue weighted by molar-refractivity contribution is 5.94. The Morgan fingerprint density at radius 3 is 2.48 bits per heavy atom. The number of fused-ring (bicyclic) bond motifs is 1. The maximum Gasteiger partial charge on any atom is 0.253 e. The van der Waals surface area contributed by atoms with Crippen LogP contribution in [-0.4, -0.2) is 50.6 Å². The normalized spacial score (nSPS) is 15.4. The molecule has 0 unspecified atom stereocenters. The van der Waals surface area contributed by atoms with Crippen molar-refractivity contribution in [2.45, 2.75) is 46.1 Å². The molecular formula is C25H30N4O2. The van der Waals surface area contributed by atoms with Crippen molar-refractivity contribution in [1.82, 2.24) is 19.2 Å². The third kappa shape index (κ3) is 4.48. The molecular weight excluding hydrogens is 388 g/mol. The van der Waals surface area contributed by atoms with Crippen molar-refractivity contribution in [3.8, 4) is 0 Å². The fourth-order valence-electron chi connectivity index (χ4n) is 4.01. The van der Waals surface area contributed by atoms with Crippen molar-refractivity contribution in [2.24, 2.45) is 0 Å². The Hall–Kier alpha value is -3.15. The van der Waals surface area contributed by atoms with Crippen molar-refractivity contribution in [3.63, 3.8) is 0 Å². The number of aromatic nitrogens is 2. The van der Waals surface area contributed by atoms with Crippen LogP contribution in [-0.2, 0) is 16.8 Å². The Bertz CT molecular complexity index is 1110. The molecule has 1 saturated heterocycles. The summed E-state index contributed by atoms with van der Waals surface area (Å²) in [6, 6.07) is 11.9. The molecule has 0 N–H and O–H groups in total. The minimum Gasteiger partial charge on any atom is -0.336 e. The van der Waals surface area contributed by atoms with Gasteiger partial charge in [-0.3, -0.25) is 9.59 Å². The second-order valence-electron chi connectivity index (χ2n) is 9.34. The highest BCUT2D eigenvalue weighted by atomic mass is 16.2. The summed E-state index contributed by atoms with van der Waals surface area (Å²) >= 11 is 0. The van der Waals surface area contributed by atoms with E-state index in [1.807, 2.05) is 65.0 Å². The van der Waals surface area contributed by atoms with Crippen LogP contribution in [0.1, 0.15) is 54.4 Å². The molecule has 0 spiro atoms. The van der Waals surface area contributed by atoms with Crippen LogP contribution >= 0.6 is 0 Å². The second kappa shape index (κ2) is 8.17. The topological polar surface area (TPSA) is 57.9 Å². The molecule has 2 amide bonds. The maximum atomic E-state index is 13.0. The summed E-state index contributed by atoms with van der Waals surface area (Å²) in [6.45, 7) is 10.4. The summed E-state index contributed by atoms with van der Waals surface area (Å²) in [6.07, 6.45) is 4.27. The molecule has 6 heteroatoms. The van der Waals surface area contributed by atoms with Crippen molar-refractivity contribution >= 4 is 17.5 Å². The first-order valence-electron chi connectivity index (χ1n) is 10.8. The van der Waals surface area contributed by atoms with Crippen molar-refractivity contribution < 1.29 is 9.59 Å². The van der Waals surface area contributed by atoms with E-state index in [2.05, 4.69) is 25.8 Å². The van der Waals surface area contributed by atoms with Gasteiger partial charge in [0.25, 0.3) is 5.91 Å². The van der Waals surface area contributed by atoms with Crippen molar-refractivity contribution in [3.05, 3.63) is 71.2 Å². The van der Waals surface area contributed by atoms with Crippen LogP contribution in [0.15, 0.2) is 48.8 Å². The lowest BCUT2D eigenvalue weighted by molar-refractivity contribution is -0.131. The van der Waals surface area contributed by atoms with Crippen LogP contribution in [0.2, 0.25) is 0 Å². The molecule has 3 aromatic rings. The Kier molecular flexibility index (Phi) is 5.56. The summed E-state index contributed by atoms with van der Waals surface area (Å²) in [4.78, 5) is 34.0. The number of carbonyl (C=O) groups excluding carboxylic acids is 2. The van der Waals surface area contributed by atoms with Gasteiger partial charge in [0.15, 0.2) is 0 Å². The van der Waals surface area contributed by atoms with Crippen LogP contribution in [0.4, 0.5) is 0 Å². The molecule has 0 bridgehead atoms. The summed E-state index contributed by atoms with van der Waals surface area (Å²) in [7, 11) is 0. The smallest absolute Gasteiger partial charge is 0.253 e. The number of rotatable bonds is 3. The van der Waals surface area contributed by atoms with E-state index in [0.29, 0.717) is 38.2 Å². The number of aryl methyl sites for hydroxylation is 1. The van der Waals surface area contributed by atoms with Gasteiger partial charge in [0.2, 0.25) is 5.91 Å². The number of pyridine rings is 1. The van der Waals surface area contributed by atoms with Gasteiger partial charge < -0.3 is 14.2 Å². The lowest BCUT2D eigenvalue weighted by Crippen LogP contribution is -2.35. The summed E-state index contributed by atoms with van der Waals surface area (Å²) in [5, 5.41) is 0. The SMILES string of the molecule is Cc1cccn2cc(CN3CCN(C(=O)c4ccc(C(C)(C)C)cc4)CCC3=O)nc12. The zero-order chi connectivity index (χ0) is 22.2. The number of benzene rings is 1. The van der Waals surface area contributed by atoms with E-state index < -0.39 is 0 Å². The standard InChI is InChI=1S/C25H30N4O2/c1-18-6-5-12-29-17-21(26-23(18)29)16-28-15-14-27(13-11-22(28)30)24(31)19-7-9-20(10-8-19)25(2,3)4/h5-10,12,17H,11,13-16H2,1-4H3. The molecule has 1 aliphatic rings. The largest absolute Gasteiger partial charge is 0.336 e. The molecule has 6 nitrogen and oxygen atoms in total. The number of amides is 2. The van der Waals surface area contributed by atoms with Gasteiger partial charge in [0, 0.05) is 44.0 Å². The summed E-state index contributed by atoms with van der Waals surface area (Å²) in [5.74, 6) is 0.0469. The average molecular weight is 419 g/mol. The van der Waals surface area contributed by atoms with Gasteiger partial charge in [0.1, 0.15) is 5.65 Å². The van der Waals surface area contributed by atoms with Crippen LogP contribution < -0.4 is 0 Å². The number of nitrogens with zero attached hydrogens (tertiary/aromatic N) is 4. The molecule has 0 aliphatic carbocycles. The number of carbonyl (C=O) groups is 2. The summed E-state index contributed by atoms with van der Waals surface area (Å²) < 4.78 is 1.99. The van der Waals surface area contributed by atoms with Crippen LogP contribution in [0.25, 0.3) is 5.65 Å². The van der Waals surface area contributed by atoms with E-state index in [9.17, 15) is 9.59 Å². The highest BCUT2D eigenvalue weighted by Crippen LogP contribution is 2.23. The van der Waals surface area contributed by atoms with Crippen LogP contribution in [0, 0.1) is 6.92 Å². The quantitative estimate of drug-likeness (QED) is 0.650. The predicted octanol–water partition coefficient (Wildman–Crippen LogP) is 3.81. The van der Waals surface area contributed by atoms with E-state index in [1.54, 1.807) is 4.90 Å². The predicted molar refractivity (Wildman–Crippen MR) is 121 cm³/mol. The monoisotopic (exact) mass is 418 g/mol. The first-order valence-corrected chi connectivity index (χ1v) is 10.8. The van der Waals surface area contributed by atoms with Gasteiger partial charge in [-0.25, -0.2) is 4.98 Å². The zero-order valence-electron chi connectivity index (χ0n) is 18.8. The van der Waals surface area contributed by atoms with Gasteiger partial charge in [-0.05, 0) is 41.7 Å². The van der Waals surface area contributed by atoms with E-state index in [4.69, 9.17) is 0 Å². The first kappa shape index (κ1) is 21.1. The van der Waals surface area contributed by atoms with Crippen molar-refractivity contribution in [1.29, 1.82) is 0 Å². The fourth-order valence-corrected chi connectivity index (χ4v) is 4.01. The average Bonchev–Trinajstić information content (AvgIpc) is 3.07. The third-order valence-electron chi connectivity index (χ3n) is 5.95. The molecule has 2 aromatic heterocycles. The number of hydrogen-bond donors (Lipinski definition) is 0. The Morgan fingerprint density at radius 2 is 1.81 bits per heavy atom. The lowest BCUT2D eigenvalue weighted by atomic mass is 9.86. The molecule has 162 valence electrons. The molecule has 1 fully saturated rings. The minimum absolute atomic E-state index is 0.0153. The third-order valence-corrected chi connectivity index (χ3v) is 5.95. The molecule has 0 radical (unpaired) electrons. The van der Waals surface area contributed by atoms with E-state index in [1.165, 1.54) is 5.56 Å². The van der Waals surface area contributed by atoms with E-state index in [0.717, 1.165) is 16.9 Å². The van der Waals surface area contributed by atoms with Gasteiger partial charge >= 0.3 is 0 Å². The highest BCUT2D eigenvalue weighted by Gasteiger charge is 2.25. The van der Waals surface area contributed by atoms with Crippen LogP contribution in [0.3, 0.4) is 0 Å². The molecule has 4 rings (SSSR count). The Balaban J connectivity index is 1.44. The maximum absolute atomic E-state index is 13.0. The molecule has 0 atom stereocenters. The number of hydrogen-bond acceptors (Lipinski definition) is 3. The minimum atomic E-state index is -0.0153. The zero-order valence-corrected chi connectivity index (χ0v) is 18.8. The van der Waals surface area contributed by atoms with Gasteiger partial charge in [-0.1, -0.05) is 39.0 Å². The Labute approximate surface area is 183 Å². The first-order chi connectivity index (χ1) is 14.7. The molecule has 0 saturated carbocycles. The second-order valence-corrected chi connectivity index (χ2v) is 9.34. The van der Waals surface area contributed by atoms with E-state index in [-0.39, 0.29) is 17.2 Å².